The lowest BCUT2D eigenvalue weighted by Gasteiger charge is -2.07. The van der Waals surface area contributed by atoms with Crippen LogP contribution < -0.4 is 10.1 Å². The quantitative estimate of drug-likeness (QED) is 0.898. The van der Waals surface area contributed by atoms with Crippen LogP contribution in [0.15, 0.2) is 41.8 Å². The monoisotopic (exact) mass is 261 g/mol. The first-order valence-corrected chi connectivity index (χ1v) is 6.71. The van der Waals surface area contributed by atoms with Gasteiger partial charge in [-0.1, -0.05) is 18.2 Å². The van der Waals surface area contributed by atoms with Crippen molar-refractivity contribution in [2.75, 3.05) is 6.61 Å². The molecule has 2 aromatic rings. The summed E-state index contributed by atoms with van der Waals surface area (Å²) < 4.78 is 5.41. The highest BCUT2D eigenvalue weighted by molar-refractivity contribution is 7.12. The predicted octanol–water partition coefficient (Wildman–Crippen LogP) is 3.08. The van der Waals surface area contributed by atoms with Crippen molar-refractivity contribution in [3.8, 4) is 5.75 Å². The van der Waals surface area contributed by atoms with Crippen molar-refractivity contribution in [2.24, 2.45) is 0 Å². The van der Waals surface area contributed by atoms with Crippen molar-refractivity contribution in [3.05, 3.63) is 52.2 Å². The van der Waals surface area contributed by atoms with Gasteiger partial charge < -0.3 is 10.1 Å². The molecule has 0 aliphatic rings. The zero-order valence-corrected chi connectivity index (χ0v) is 11.0. The Morgan fingerprint density at radius 2 is 2.22 bits per heavy atom. The van der Waals surface area contributed by atoms with Gasteiger partial charge in [0.15, 0.2) is 0 Å². The molecule has 3 nitrogen and oxygen atoms in total. The third-order valence-electron chi connectivity index (χ3n) is 2.41. The van der Waals surface area contributed by atoms with Crippen molar-refractivity contribution in [1.29, 1.82) is 0 Å². The lowest BCUT2D eigenvalue weighted by molar-refractivity contribution is 0.0955. The maximum Gasteiger partial charge on any atom is 0.261 e. The zero-order chi connectivity index (χ0) is 12.8. The third kappa shape index (κ3) is 3.34. The SMILES string of the molecule is CCOc1cccc(CNC(=O)c2cccs2)c1. The normalized spacial score (nSPS) is 10.1. The van der Waals surface area contributed by atoms with Gasteiger partial charge in [0.2, 0.25) is 0 Å². The minimum atomic E-state index is -0.0354. The summed E-state index contributed by atoms with van der Waals surface area (Å²) in [6, 6.07) is 11.4. The van der Waals surface area contributed by atoms with Crippen molar-refractivity contribution >= 4 is 17.2 Å². The van der Waals surface area contributed by atoms with E-state index in [-0.39, 0.29) is 5.91 Å². The minimum absolute atomic E-state index is 0.0354. The first-order chi connectivity index (χ1) is 8.79. The second-order valence-electron chi connectivity index (χ2n) is 3.74. The molecule has 94 valence electrons. The summed E-state index contributed by atoms with van der Waals surface area (Å²) in [5.74, 6) is 0.798. The molecular weight excluding hydrogens is 246 g/mol. The van der Waals surface area contributed by atoms with Crippen molar-refractivity contribution < 1.29 is 9.53 Å². The number of rotatable bonds is 5. The van der Waals surface area contributed by atoms with E-state index in [2.05, 4.69) is 5.32 Å². The summed E-state index contributed by atoms with van der Waals surface area (Å²) in [6.07, 6.45) is 0. The van der Waals surface area contributed by atoms with Gasteiger partial charge in [-0.3, -0.25) is 4.79 Å². The van der Waals surface area contributed by atoms with Gasteiger partial charge in [-0.05, 0) is 36.1 Å². The van der Waals surface area contributed by atoms with Gasteiger partial charge in [-0.25, -0.2) is 0 Å². The number of benzene rings is 1. The molecular formula is C14H15NO2S. The molecule has 1 N–H and O–H groups in total. The molecule has 0 atom stereocenters. The number of amides is 1. The highest BCUT2D eigenvalue weighted by atomic mass is 32.1. The molecule has 0 radical (unpaired) electrons. The van der Waals surface area contributed by atoms with Gasteiger partial charge in [0.05, 0.1) is 11.5 Å². The highest BCUT2D eigenvalue weighted by Gasteiger charge is 2.05. The number of carbonyl (C=O) groups excluding carboxylic acids is 1. The topological polar surface area (TPSA) is 38.3 Å². The fourth-order valence-electron chi connectivity index (χ4n) is 1.59. The third-order valence-corrected chi connectivity index (χ3v) is 3.28. The van der Waals surface area contributed by atoms with Crippen LogP contribution in [-0.4, -0.2) is 12.5 Å². The van der Waals surface area contributed by atoms with Crippen molar-refractivity contribution in [2.45, 2.75) is 13.5 Å². The number of thiophene rings is 1. The average molecular weight is 261 g/mol. The van der Waals surface area contributed by atoms with E-state index < -0.39 is 0 Å². The molecule has 0 saturated carbocycles. The molecule has 4 heteroatoms. The summed E-state index contributed by atoms with van der Waals surface area (Å²) in [7, 11) is 0. The molecule has 1 aromatic carbocycles. The van der Waals surface area contributed by atoms with Crippen LogP contribution in [0, 0.1) is 0 Å². The first kappa shape index (κ1) is 12.6. The molecule has 0 aliphatic carbocycles. The summed E-state index contributed by atoms with van der Waals surface area (Å²) in [5, 5.41) is 4.78. The molecule has 1 heterocycles. The average Bonchev–Trinajstić information content (AvgIpc) is 2.91. The second kappa shape index (κ2) is 6.21. The maximum absolute atomic E-state index is 11.8. The zero-order valence-electron chi connectivity index (χ0n) is 10.2. The Kier molecular flexibility index (Phi) is 4.36. The van der Waals surface area contributed by atoms with Crippen LogP contribution in [0.2, 0.25) is 0 Å². The minimum Gasteiger partial charge on any atom is -0.494 e. The number of hydrogen-bond donors (Lipinski definition) is 1. The Morgan fingerprint density at radius 1 is 1.33 bits per heavy atom. The standard InChI is InChI=1S/C14H15NO2S/c1-2-17-12-6-3-5-11(9-12)10-15-14(16)13-7-4-8-18-13/h3-9H,2,10H2,1H3,(H,15,16). The van der Waals surface area contributed by atoms with Gasteiger partial charge in [0.1, 0.15) is 5.75 Å². The van der Waals surface area contributed by atoms with Crippen LogP contribution in [0.25, 0.3) is 0 Å². The molecule has 18 heavy (non-hydrogen) atoms. The van der Waals surface area contributed by atoms with Gasteiger partial charge in [-0.2, -0.15) is 0 Å². The van der Waals surface area contributed by atoms with Crippen molar-refractivity contribution in [1.82, 2.24) is 5.32 Å². The number of carbonyl (C=O) groups is 1. The Hall–Kier alpha value is -1.81. The van der Waals surface area contributed by atoms with Crippen LogP contribution in [0.4, 0.5) is 0 Å². The molecule has 1 aromatic heterocycles. The number of ether oxygens (including phenoxy) is 1. The summed E-state index contributed by atoms with van der Waals surface area (Å²) in [6.45, 7) is 3.11. The van der Waals surface area contributed by atoms with E-state index in [1.54, 1.807) is 0 Å². The van der Waals surface area contributed by atoms with Crippen molar-refractivity contribution in [3.63, 3.8) is 0 Å². The summed E-state index contributed by atoms with van der Waals surface area (Å²) in [4.78, 5) is 12.5. The van der Waals surface area contributed by atoms with E-state index in [1.165, 1.54) is 11.3 Å². The number of nitrogens with one attached hydrogen (secondary N) is 1. The summed E-state index contributed by atoms with van der Waals surface area (Å²) >= 11 is 1.44. The van der Waals surface area contributed by atoms with Crippen LogP contribution in [0.5, 0.6) is 5.75 Å². The Morgan fingerprint density at radius 3 is 2.94 bits per heavy atom. The second-order valence-corrected chi connectivity index (χ2v) is 4.69. The fourth-order valence-corrected chi connectivity index (χ4v) is 2.23. The molecule has 0 aliphatic heterocycles. The lowest BCUT2D eigenvalue weighted by atomic mass is 10.2. The van der Waals surface area contributed by atoms with E-state index >= 15 is 0 Å². The van der Waals surface area contributed by atoms with Crippen LogP contribution in [-0.2, 0) is 6.54 Å². The van der Waals surface area contributed by atoms with Crippen LogP contribution in [0.1, 0.15) is 22.2 Å². The van der Waals surface area contributed by atoms with E-state index in [0.29, 0.717) is 13.2 Å². The van der Waals surface area contributed by atoms with E-state index in [0.717, 1.165) is 16.2 Å². The molecule has 1 amide bonds. The largest absolute Gasteiger partial charge is 0.494 e. The fraction of sp³-hybridized carbons (Fsp3) is 0.214. The predicted molar refractivity (Wildman–Crippen MR) is 73.1 cm³/mol. The first-order valence-electron chi connectivity index (χ1n) is 5.83. The van der Waals surface area contributed by atoms with E-state index in [4.69, 9.17) is 4.74 Å². The summed E-state index contributed by atoms with van der Waals surface area (Å²) in [5.41, 5.74) is 1.03. The Labute approximate surface area is 110 Å². The van der Waals surface area contributed by atoms with Gasteiger partial charge >= 0.3 is 0 Å². The Bertz CT molecular complexity index is 508. The molecule has 0 bridgehead atoms. The van der Waals surface area contributed by atoms with Gasteiger partial charge in [0, 0.05) is 6.54 Å². The van der Waals surface area contributed by atoms with E-state index in [9.17, 15) is 4.79 Å². The number of hydrogen-bond acceptors (Lipinski definition) is 3. The molecule has 0 fully saturated rings. The van der Waals surface area contributed by atoms with Gasteiger partial charge in [-0.15, -0.1) is 11.3 Å². The van der Waals surface area contributed by atoms with Crippen LogP contribution in [0.3, 0.4) is 0 Å². The maximum atomic E-state index is 11.8. The molecule has 2 rings (SSSR count). The molecule has 0 saturated heterocycles. The molecule has 0 unspecified atom stereocenters. The lowest BCUT2D eigenvalue weighted by Crippen LogP contribution is -2.21. The Balaban J connectivity index is 1.93. The smallest absolute Gasteiger partial charge is 0.261 e. The molecule has 0 spiro atoms. The van der Waals surface area contributed by atoms with E-state index in [1.807, 2.05) is 48.7 Å². The van der Waals surface area contributed by atoms with Gasteiger partial charge in [0.25, 0.3) is 5.91 Å². The van der Waals surface area contributed by atoms with Crippen LogP contribution >= 0.6 is 11.3 Å². The highest BCUT2D eigenvalue weighted by Crippen LogP contribution is 2.13.